The summed E-state index contributed by atoms with van der Waals surface area (Å²) in [5, 5.41) is 3.71. The lowest BCUT2D eigenvalue weighted by Crippen LogP contribution is -2.41. The van der Waals surface area contributed by atoms with Gasteiger partial charge >= 0.3 is 0 Å². The molecule has 0 aliphatic rings. The number of rotatable bonds is 9. The Bertz CT molecular complexity index is 742. The fourth-order valence-electron chi connectivity index (χ4n) is 3.70. The van der Waals surface area contributed by atoms with Crippen LogP contribution in [0.5, 0.6) is 11.5 Å². The van der Waals surface area contributed by atoms with Gasteiger partial charge in [-0.05, 0) is 51.2 Å². The average molecular weight is 384 g/mol. The van der Waals surface area contributed by atoms with E-state index in [9.17, 15) is 0 Å². The summed E-state index contributed by atoms with van der Waals surface area (Å²) >= 11 is 0. The Morgan fingerprint density at radius 2 is 1.57 bits per heavy atom. The molecule has 0 unspecified atom stereocenters. The van der Waals surface area contributed by atoms with E-state index in [2.05, 4.69) is 77.2 Å². The third kappa shape index (κ3) is 7.20. The normalized spacial score (nSPS) is 12.1. The number of hydrogen-bond donors (Lipinski definition) is 1. The smallest absolute Gasteiger partial charge is 0.166 e. The zero-order valence-corrected chi connectivity index (χ0v) is 18.7. The molecule has 0 saturated carbocycles. The Morgan fingerprint density at radius 3 is 2.18 bits per heavy atom. The van der Waals surface area contributed by atoms with Gasteiger partial charge in [-0.1, -0.05) is 62.7 Å². The van der Waals surface area contributed by atoms with Crippen LogP contribution in [0.3, 0.4) is 0 Å². The molecule has 0 spiro atoms. The molecule has 0 aliphatic heterocycles. The van der Waals surface area contributed by atoms with Crippen molar-refractivity contribution in [2.24, 2.45) is 5.41 Å². The van der Waals surface area contributed by atoms with Gasteiger partial charge in [0.1, 0.15) is 6.61 Å². The van der Waals surface area contributed by atoms with Gasteiger partial charge in [0.25, 0.3) is 0 Å². The Hall–Kier alpha value is -2.00. The molecule has 0 fully saturated rings. The van der Waals surface area contributed by atoms with E-state index < -0.39 is 0 Å². The third-order valence-electron chi connectivity index (χ3n) is 4.59. The van der Waals surface area contributed by atoms with Gasteiger partial charge < -0.3 is 14.8 Å². The number of benzene rings is 2. The van der Waals surface area contributed by atoms with E-state index in [-0.39, 0.29) is 11.0 Å². The summed E-state index contributed by atoms with van der Waals surface area (Å²) in [5.74, 6) is 1.64. The molecule has 0 saturated heterocycles. The van der Waals surface area contributed by atoms with Crippen molar-refractivity contribution in [2.45, 2.75) is 73.6 Å². The van der Waals surface area contributed by atoms with E-state index in [0.29, 0.717) is 13.2 Å². The average Bonchev–Trinajstić information content (AvgIpc) is 2.59. The number of aryl methyl sites for hydroxylation is 1. The summed E-state index contributed by atoms with van der Waals surface area (Å²) in [7, 11) is 0. The lowest BCUT2D eigenvalue weighted by Gasteiger charge is -2.33. The van der Waals surface area contributed by atoms with E-state index in [4.69, 9.17) is 9.47 Å². The summed E-state index contributed by atoms with van der Waals surface area (Å²) < 4.78 is 12.1. The predicted octanol–water partition coefficient (Wildman–Crippen LogP) is 6.28. The Labute approximate surface area is 171 Å². The van der Waals surface area contributed by atoms with Crippen molar-refractivity contribution in [2.75, 3.05) is 6.61 Å². The van der Waals surface area contributed by atoms with E-state index in [1.807, 2.05) is 19.1 Å². The van der Waals surface area contributed by atoms with Crippen LogP contribution in [-0.4, -0.2) is 12.1 Å². The van der Waals surface area contributed by atoms with Crippen molar-refractivity contribution in [1.82, 2.24) is 5.32 Å². The van der Waals surface area contributed by atoms with Crippen LogP contribution in [0.1, 0.15) is 64.7 Å². The number of nitrogens with one attached hydrogen (secondary N) is 1. The first-order chi connectivity index (χ1) is 13.1. The molecule has 2 aromatic rings. The summed E-state index contributed by atoms with van der Waals surface area (Å²) in [6, 6.07) is 14.6. The molecule has 2 aromatic carbocycles. The zero-order valence-electron chi connectivity index (χ0n) is 18.7. The van der Waals surface area contributed by atoms with Crippen molar-refractivity contribution in [3.8, 4) is 11.5 Å². The monoisotopic (exact) mass is 383 g/mol. The van der Waals surface area contributed by atoms with Crippen molar-refractivity contribution < 1.29 is 9.47 Å². The molecule has 0 heterocycles. The molecule has 0 radical (unpaired) electrons. The molecule has 3 heteroatoms. The molecule has 154 valence electrons. The zero-order chi connectivity index (χ0) is 20.8. The van der Waals surface area contributed by atoms with Gasteiger partial charge in [0, 0.05) is 17.6 Å². The summed E-state index contributed by atoms with van der Waals surface area (Å²) in [4.78, 5) is 0. The molecule has 0 aliphatic carbocycles. The van der Waals surface area contributed by atoms with Crippen molar-refractivity contribution >= 4 is 0 Å². The standard InChI is InChI=1S/C25H37NO2/c1-8-27-22-11-9-10-21(16-26-25(6,7)18-24(3,4)5)23(22)28-17-20-14-12-19(2)13-15-20/h9-15,26H,8,16-18H2,1-7H3. The Balaban J connectivity index is 2.16. The van der Waals surface area contributed by atoms with Crippen molar-refractivity contribution in [3.05, 3.63) is 59.2 Å². The predicted molar refractivity (Wildman–Crippen MR) is 118 cm³/mol. The van der Waals surface area contributed by atoms with Crippen molar-refractivity contribution in [1.29, 1.82) is 0 Å². The van der Waals surface area contributed by atoms with Crippen LogP contribution in [0.25, 0.3) is 0 Å². The highest BCUT2D eigenvalue weighted by Crippen LogP contribution is 2.33. The van der Waals surface area contributed by atoms with Crippen molar-refractivity contribution in [3.63, 3.8) is 0 Å². The van der Waals surface area contributed by atoms with E-state index >= 15 is 0 Å². The maximum absolute atomic E-state index is 6.25. The van der Waals surface area contributed by atoms with Crippen LogP contribution >= 0.6 is 0 Å². The minimum absolute atomic E-state index is 0.0358. The fraction of sp³-hybridized carbons (Fsp3) is 0.520. The van der Waals surface area contributed by atoms with Crippen LogP contribution < -0.4 is 14.8 Å². The number of hydrogen-bond acceptors (Lipinski definition) is 3. The maximum Gasteiger partial charge on any atom is 0.166 e. The summed E-state index contributed by atoms with van der Waals surface area (Å²) in [6.45, 7) is 17.4. The SMILES string of the molecule is CCOc1cccc(CNC(C)(C)CC(C)(C)C)c1OCc1ccc(C)cc1. The minimum atomic E-state index is 0.0358. The van der Waals surface area contributed by atoms with Gasteiger partial charge in [-0.2, -0.15) is 0 Å². The van der Waals surface area contributed by atoms with Crippen LogP contribution in [0.15, 0.2) is 42.5 Å². The lowest BCUT2D eigenvalue weighted by atomic mass is 9.81. The van der Waals surface area contributed by atoms with E-state index in [0.717, 1.165) is 35.6 Å². The molecule has 1 N–H and O–H groups in total. The molecular formula is C25H37NO2. The second-order valence-corrected chi connectivity index (χ2v) is 9.43. The van der Waals surface area contributed by atoms with Crippen LogP contribution in [0, 0.1) is 12.3 Å². The van der Waals surface area contributed by atoms with Gasteiger partial charge in [0.15, 0.2) is 11.5 Å². The maximum atomic E-state index is 6.25. The highest BCUT2D eigenvalue weighted by Gasteiger charge is 2.25. The summed E-state index contributed by atoms with van der Waals surface area (Å²) in [6.07, 6.45) is 1.09. The molecule has 28 heavy (non-hydrogen) atoms. The van der Waals surface area contributed by atoms with Crippen LogP contribution in [0.2, 0.25) is 0 Å². The molecule has 0 aromatic heterocycles. The second kappa shape index (κ2) is 9.47. The quantitative estimate of drug-likeness (QED) is 0.553. The topological polar surface area (TPSA) is 30.5 Å². The molecule has 3 nitrogen and oxygen atoms in total. The minimum Gasteiger partial charge on any atom is -0.490 e. The second-order valence-electron chi connectivity index (χ2n) is 9.43. The molecule has 0 amide bonds. The number of ether oxygens (including phenoxy) is 2. The largest absolute Gasteiger partial charge is 0.490 e. The third-order valence-corrected chi connectivity index (χ3v) is 4.59. The van der Waals surface area contributed by atoms with Gasteiger partial charge in [-0.3, -0.25) is 0 Å². The lowest BCUT2D eigenvalue weighted by molar-refractivity contribution is 0.236. The highest BCUT2D eigenvalue weighted by molar-refractivity contribution is 5.47. The molecule has 2 rings (SSSR count). The number of para-hydroxylation sites is 1. The Morgan fingerprint density at radius 1 is 0.893 bits per heavy atom. The fourth-order valence-corrected chi connectivity index (χ4v) is 3.70. The van der Waals surface area contributed by atoms with Crippen LogP contribution in [0.4, 0.5) is 0 Å². The van der Waals surface area contributed by atoms with Gasteiger partial charge in [-0.15, -0.1) is 0 Å². The summed E-state index contributed by atoms with van der Waals surface area (Å²) in [5.41, 5.74) is 3.84. The first kappa shape index (κ1) is 22.3. The van der Waals surface area contributed by atoms with Gasteiger partial charge in [-0.25, -0.2) is 0 Å². The molecule has 0 atom stereocenters. The van der Waals surface area contributed by atoms with E-state index in [1.165, 1.54) is 5.56 Å². The van der Waals surface area contributed by atoms with Crippen LogP contribution in [-0.2, 0) is 13.2 Å². The molecule has 0 bridgehead atoms. The highest BCUT2D eigenvalue weighted by atomic mass is 16.5. The van der Waals surface area contributed by atoms with Gasteiger partial charge in [0.2, 0.25) is 0 Å². The van der Waals surface area contributed by atoms with Gasteiger partial charge in [0.05, 0.1) is 6.61 Å². The first-order valence-electron chi connectivity index (χ1n) is 10.3. The Kier molecular flexibility index (Phi) is 7.54. The van der Waals surface area contributed by atoms with E-state index in [1.54, 1.807) is 0 Å². The molecular weight excluding hydrogens is 346 g/mol. The first-order valence-corrected chi connectivity index (χ1v) is 10.3.